The van der Waals surface area contributed by atoms with Crippen LogP contribution in [0.2, 0.25) is 5.02 Å². The molecular weight excluding hydrogens is 490 g/mol. The molecule has 3 aliphatic heterocycles. The van der Waals surface area contributed by atoms with Gasteiger partial charge in [-0.15, -0.1) is 11.3 Å². The van der Waals surface area contributed by atoms with Gasteiger partial charge < -0.3 is 11.1 Å². The topological polar surface area (TPSA) is 145 Å². The van der Waals surface area contributed by atoms with E-state index in [4.69, 9.17) is 17.3 Å². The highest BCUT2D eigenvalue weighted by atomic mass is 35.5. The van der Waals surface area contributed by atoms with Gasteiger partial charge in [0.05, 0.1) is 17.4 Å². The van der Waals surface area contributed by atoms with Gasteiger partial charge in [0, 0.05) is 33.6 Å². The fraction of sp³-hybridized carbons (Fsp3) is 0.375. The molecule has 4 atom stereocenters. The molecule has 1 spiro atoms. The number of nitrogens with one attached hydrogen (secondary N) is 2. The molecule has 0 saturated carbocycles. The lowest BCUT2D eigenvalue weighted by molar-refractivity contribution is -0.130. The number of hydrogen-bond donors (Lipinski definition) is 3. The van der Waals surface area contributed by atoms with Crippen molar-refractivity contribution in [3.63, 3.8) is 0 Å². The Morgan fingerprint density at radius 2 is 2.03 bits per heavy atom. The molecule has 0 unspecified atom stereocenters. The van der Waals surface area contributed by atoms with Gasteiger partial charge in [-0.05, 0) is 49.4 Å². The summed E-state index contributed by atoms with van der Waals surface area (Å²) >= 11 is 7.54. The van der Waals surface area contributed by atoms with E-state index in [-0.39, 0.29) is 6.42 Å². The lowest BCUT2D eigenvalue weighted by atomic mass is 9.76. The Hall–Kier alpha value is -3.26. The van der Waals surface area contributed by atoms with Crippen LogP contribution in [0.5, 0.6) is 0 Å². The lowest BCUT2D eigenvalue weighted by Crippen LogP contribution is -2.53. The van der Waals surface area contributed by atoms with E-state index in [9.17, 15) is 24.4 Å². The molecule has 2 saturated heterocycles. The van der Waals surface area contributed by atoms with Gasteiger partial charge in [0.25, 0.3) is 0 Å². The normalized spacial score (nSPS) is 28.6. The van der Waals surface area contributed by atoms with Crippen molar-refractivity contribution < 1.29 is 19.2 Å². The molecule has 4 aliphatic rings. The summed E-state index contributed by atoms with van der Waals surface area (Å²) in [6, 6.07) is 6.22. The van der Waals surface area contributed by atoms with Crippen molar-refractivity contribution in [3.05, 3.63) is 44.8 Å². The minimum Gasteiger partial charge on any atom is -0.370 e. The summed E-state index contributed by atoms with van der Waals surface area (Å²) in [7, 11) is 0. The molecule has 1 aliphatic carbocycles. The van der Waals surface area contributed by atoms with Crippen LogP contribution in [0.25, 0.3) is 0 Å². The first-order valence-corrected chi connectivity index (χ1v) is 12.6. The Kier molecular flexibility index (Phi) is 4.84. The maximum absolute atomic E-state index is 14.0. The van der Waals surface area contributed by atoms with E-state index in [1.807, 2.05) is 0 Å². The van der Waals surface area contributed by atoms with Crippen molar-refractivity contribution in [1.82, 2.24) is 5.32 Å². The van der Waals surface area contributed by atoms with E-state index in [1.165, 1.54) is 11.3 Å². The van der Waals surface area contributed by atoms with Gasteiger partial charge in [0.2, 0.25) is 23.6 Å². The average Bonchev–Trinajstić information content (AvgIpc) is 3.50. The van der Waals surface area contributed by atoms with Gasteiger partial charge in [-0.3, -0.25) is 24.5 Å². The lowest BCUT2D eigenvalue weighted by Gasteiger charge is -2.29. The summed E-state index contributed by atoms with van der Waals surface area (Å²) < 4.78 is 0. The van der Waals surface area contributed by atoms with Crippen LogP contribution < -0.4 is 21.3 Å². The number of carbonyl (C=O) groups is 4. The van der Waals surface area contributed by atoms with Crippen LogP contribution in [0.1, 0.15) is 40.8 Å². The molecule has 2 aromatic rings. The van der Waals surface area contributed by atoms with E-state index in [0.717, 1.165) is 41.0 Å². The summed E-state index contributed by atoms with van der Waals surface area (Å²) in [5.74, 6) is -4.38. The maximum Gasteiger partial charge on any atom is 0.250 e. The Balaban J connectivity index is 1.53. The van der Waals surface area contributed by atoms with Crippen LogP contribution in [-0.4, -0.2) is 29.7 Å². The van der Waals surface area contributed by atoms with Crippen LogP contribution in [0.15, 0.2) is 18.2 Å². The number of nitrogens with two attached hydrogens (primary N) is 1. The van der Waals surface area contributed by atoms with Gasteiger partial charge in [0.1, 0.15) is 16.6 Å². The first kappa shape index (κ1) is 22.2. The molecule has 0 radical (unpaired) electrons. The number of imide groups is 1. The van der Waals surface area contributed by atoms with Gasteiger partial charge >= 0.3 is 0 Å². The Bertz CT molecular complexity index is 1400. The molecule has 4 heterocycles. The van der Waals surface area contributed by atoms with Crippen molar-refractivity contribution in [1.29, 1.82) is 5.26 Å². The molecule has 0 bridgehead atoms. The Morgan fingerprint density at radius 3 is 2.77 bits per heavy atom. The van der Waals surface area contributed by atoms with Crippen LogP contribution in [0, 0.1) is 23.2 Å². The highest BCUT2D eigenvalue weighted by Crippen LogP contribution is 2.55. The number of aryl methyl sites for hydroxylation is 1. The van der Waals surface area contributed by atoms with Gasteiger partial charge in [0.15, 0.2) is 0 Å². The minimum absolute atomic E-state index is 0.231. The Morgan fingerprint density at radius 1 is 1.26 bits per heavy atom. The van der Waals surface area contributed by atoms with Crippen molar-refractivity contribution in [2.75, 3.05) is 10.2 Å². The molecule has 4 amide bonds. The number of halogens is 1. The molecule has 6 rings (SSSR count). The van der Waals surface area contributed by atoms with Crippen LogP contribution in [0.4, 0.5) is 10.7 Å². The highest BCUT2D eigenvalue weighted by Gasteiger charge is 2.71. The van der Waals surface area contributed by atoms with Gasteiger partial charge in [-0.25, -0.2) is 4.90 Å². The highest BCUT2D eigenvalue weighted by molar-refractivity contribution is 7.17. The fourth-order valence-corrected chi connectivity index (χ4v) is 7.71. The number of rotatable bonds is 3. The molecule has 2 fully saturated rings. The molecule has 178 valence electrons. The third kappa shape index (κ3) is 2.89. The van der Waals surface area contributed by atoms with Crippen LogP contribution in [0.3, 0.4) is 0 Å². The molecule has 1 aromatic heterocycles. The number of amides is 4. The predicted octanol–water partition coefficient (Wildman–Crippen LogP) is 1.95. The zero-order chi connectivity index (χ0) is 24.6. The molecule has 1 aromatic carbocycles. The minimum atomic E-state index is -1.59. The summed E-state index contributed by atoms with van der Waals surface area (Å²) in [5, 5.41) is 16.5. The summed E-state index contributed by atoms with van der Waals surface area (Å²) in [4.78, 5) is 55.3. The number of carbonyl (C=O) groups excluding carboxylic acids is 4. The number of hydrogen-bond acceptors (Lipinski definition) is 7. The third-order valence-electron chi connectivity index (χ3n) is 7.57. The largest absolute Gasteiger partial charge is 0.370 e. The maximum atomic E-state index is 14.0. The second-order valence-electron chi connectivity index (χ2n) is 9.39. The molecule has 35 heavy (non-hydrogen) atoms. The van der Waals surface area contributed by atoms with E-state index in [1.54, 1.807) is 18.2 Å². The predicted molar refractivity (Wildman–Crippen MR) is 128 cm³/mol. The first-order chi connectivity index (χ1) is 16.8. The first-order valence-electron chi connectivity index (χ1n) is 11.4. The molecule has 9 nitrogen and oxygen atoms in total. The Labute approximate surface area is 209 Å². The van der Waals surface area contributed by atoms with E-state index >= 15 is 0 Å². The van der Waals surface area contributed by atoms with Gasteiger partial charge in [-0.2, -0.15) is 5.26 Å². The summed E-state index contributed by atoms with van der Waals surface area (Å²) in [6.07, 6.45) is 3.21. The van der Waals surface area contributed by atoms with Crippen molar-refractivity contribution in [3.8, 4) is 6.07 Å². The molecular formula is C24H20ClN5O4S. The zero-order valence-electron chi connectivity index (χ0n) is 18.4. The second-order valence-corrected chi connectivity index (χ2v) is 10.9. The van der Waals surface area contributed by atoms with Crippen molar-refractivity contribution in [2.24, 2.45) is 17.6 Å². The SMILES string of the molecule is N#Cc1c(N2C(=O)[C@@H]3[C@H](CC(N)=O)N[C@@]4(C(=O)Nc5ccc(Cl)cc54)[C@@H]3C2=O)sc2c1CCCC2. The number of primary amides is 1. The van der Waals surface area contributed by atoms with Crippen LogP contribution in [-0.2, 0) is 37.6 Å². The number of benzene rings is 1. The summed E-state index contributed by atoms with van der Waals surface area (Å²) in [6.45, 7) is 0. The van der Waals surface area contributed by atoms with Gasteiger partial charge in [-0.1, -0.05) is 11.6 Å². The fourth-order valence-electron chi connectivity index (χ4n) is 6.19. The quantitative estimate of drug-likeness (QED) is 0.539. The second kappa shape index (κ2) is 7.62. The van der Waals surface area contributed by atoms with Crippen molar-refractivity contribution in [2.45, 2.75) is 43.7 Å². The number of thiophene rings is 1. The van der Waals surface area contributed by atoms with E-state index < -0.39 is 47.0 Å². The zero-order valence-corrected chi connectivity index (χ0v) is 20.0. The number of nitrogens with zero attached hydrogens (tertiary/aromatic N) is 2. The standard InChI is InChI=1S/C24H20ClN5O4S/c25-10-5-6-14-13(7-10)24(23(34)28-14)19-18(15(29-24)8-17(27)31)20(32)30(21(19)33)22-12(9-26)11-3-1-2-4-16(11)35-22/h5-7,15,18-19,29H,1-4,8H2,(H2,27,31)(H,28,34)/t15-,18+,19-,24+/m0/s1. The smallest absolute Gasteiger partial charge is 0.250 e. The van der Waals surface area contributed by atoms with E-state index in [0.29, 0.717) is 26.8 Å². The number of anilines is 2. The summed E-state index contributed by atoms with van der Waals surface area (Å²) in [5.41, 5.74) is 6.07. The monoisotopic (exact) mass is 509 g/mol. The molecule has 11 heteroatoms. The van der Waals surface area contributed by atoms with Crippen LogP contribution >= 0.6 is 22.9 Å². The molecule has 4 N–H and O–H groups in total. The third-order valence-corrected chi connectivity index (χ3v) is 9.08. The van der Waals surface area contributed by atoms with E-state index in [2.05, 4.69) is 16.7 Å². The number of fused-ring (bicyclic) bond motifs is 5. The number of nitriles is 1. The average molecular weight is 510 g/mol. The van der Waals surface area contributed by atoms with Crippen molar-refractivity contribution >= 4 is 57.3 Å².